The Bertz CT molecular complexity index is 2490. The number of nitrogens with zero attached hydrogens (tertiary/aromatic N) is 6. The maximum absolute atomic E-state index is 5.39. The van der Waals surface area contributed by atoms with Crippen LogP contribution in [0.2, 0.25) is 0 Å². The maximum Gasteiger partial charge on any atom is 0.164 e. The van der Waals surface area contributed by atoms with Gasteiger partial charge in [-0.25, -0.2) is 24.6 Å². The van der Waals surface area contributed by atoms with Crippen molar-refractivity contribution >= 4 is 32.7 Å². The molecule has 0 atom stereocenters. The summed E-state index contributed by atoms with van der Waals surface area (Å²) in [5, 5.41) is 11.8. The van der Waals surface area contributed by atoms with E-state index in [1.807, 2.05) is 109 Å². The van der Waals surface area contributed by atoms with Crippen molar-refractivity contribution in [2.24, 2.45) is 0 Å². The zero-order valence-corrected chi connectivity index (χ0v) is 24.9. The molecule has 0 aliphatic carbocycles. The van der Waals surface area contributed by atoms with E-state index in [2.05, 4.69) is 46.7 Å². The van der Waals surface area contributed by atoms with Gasteiger partial charge in [0.05, 0.1) is 11.2 Å². The van der Waals surface area contributed by atoms with Crippen molar-refractivity contribution < 1.29 is 4.63 Å². The maximum atomic E-state index is 5.39. The van der Waals surface area contributed by atoms with E-state index in [0.29, 0.717) is 28.5 Å². The van der Waals surface area contributed by atoms with Gasteiger partial charge in [0.15, 0.2) is 17.5 Å². The molecule has 3 aromatic heterocycles. The van der Waals surface area contributed by atoms with E-state index >= 15 is 0 Å². The number of para-hydroxylation sites is 1. The van der Waals surface area contributed by atoms with Gasteiger partial charge in [-0.15, -0.1) is 0 Å². The Hall–Kier alpha value is -6.60. The predicted octanol–water partition coefficient (Wildman–Crippen LogP) is 9.44. The number of benzene rings is 6. The first-order valence-corrected chi connectivity index (χ1v) is 15.3. The zero-order chi connectivity index (χ0) is 31.2. The molecule has 7 nitrogen and oxygen atoms in total. The Labute approximate surface area is 269 Å². The SMILES string of the molecule is c1ccc(-c2nc(-c3ccccc3)nc(-c3ccc(-c4cc5c(-c6ccccc6)nc6ccccc6c5c5nonc45)cc3)n2)cc1. The van der Waals surface area contributed by atoms with Crippen molar-refractivity contribution in [2.75, 3.05) is 0 Å². The molecule has 220 valence electrons. The van der Waals surface area contributed by atoms with Crippen LogP contribution in [0.3, 0.4) is 0 Å². The Morgan fingerprint density at radius 3 is 1.49 bits per heavy atom. The van der Waals surface area contributed by atoms with Crippen LogP contribution in [0.4, 0.5) is 0 Å². The summed E-state index contributed by atoms with van der Waals surface area (Å²) in [6, 6.07) is 48.7. The zero-order valence-electron chi connectivity index (χ0n) is 24.9. The molecule has 9 aromatic rings. The summed E-state index contributed by atoms with van der Waals surface area (Å²) in [6.07, 6.45) is 0. The fourth-order valence-corrected chi connectivity index (χ4v) is 6.14. The largest absolute Gasteiger partial charge is 0.247 e. The number of hydrogen-bond donors (Lipinski definition) is 0. The van der Waals surface area contributed by atoms with Crippen LogP contribution < -0.4 is 0 Å². The van der Waals surface area contributed by atoms with Gasteiger partial charge in [0.2, 0.25) is 0 Å². The molecule has 47 heavy (non-hydrogen) atoms. The molecule has 0 saturated heterocycles. The van der Waals surface area contributed by atoms with E-state index in [9.17, 15) is 0 Å². The van der Waals surface area contributed by atoms with Gasteiger partial charge in [-0.3, -0.25) is 0 Å². The van der Waals surface area contributed by atoms with E-state index in [-0.39, 0.29) is 0 Å². The minimum absolute atomic E-state index is 0.595. The summed E-state index contributed by atoms with van der Waals surface area (Å²) in [5.41, 5.74) is 8.79. The first-order valence-electron chi connectivity index (χ1n) is 15.3. The van der Waals surface area contributed by atoms with Crippen molar-refractivity contribution in [3.63, 3.8) is 0 Å². The standard InChI is InChI=1S/C40H24N6O/c1-4-12-26(13-5-1)35-32-24-31(36-37(46-47-45-36)34(32)30-18-10-11-19-33(30)41-35)25-20-22-29(23-21-25)40-43-38(27-14-6-2-7-15-27)42-39(44-40)28-16-8-3-9-17-28/h1-24H. The van der Waals surface area contributed by atoms with Crippen LogP contribution in [0.5, 0.6) is 0 Å². The molecular weight excluding hydrogens is 580 g/mol. The average molecular weight is 605 g/mol. The first kappa shape index (κ1) is 26.8. The van der Waals surface area contributed by atoms with Crippen molar-refractivity contribution in [2.45, 2.75) is 0 Å². The fraction of sp³-hybridized carbons (Fsp3) is 0. The second-order valence-corrected chi connectivity index (χ2v) is 11.3. The molecule has 0 spiro atoms. The molecule has 7 heteroatoms. The highest BCUT2D eigenvalue weighted by Crippen LogP contribution is 2.40. The fourth-order valence-electron chi connectivity index (χ4n) is 6.14. The molecule has 0 unspecified atom stereocenters. The quantitative estimate of drug-likeness (QED) is 0.181. The van der Waals surface area contributed by atoms with Gasteiger partial charge in [0, 0.05) is 44.0 Å². The van der Waals surface area contributed by atoms with Crippen LogP contribution in [0.25, 0.3) is 89.3 Å². The second kappa shape index (κ2) is 11.1. The van der Waals surface area contributed by atoms with Gasteiger partial charge in [0.1, 0.15) is 11.0 Å². The Balaban J connectivity index is 1.21. The summed E-state index contributed by atoms with van der Waals surface area (Å²) in [6.45, 7) is 0. The van der Waals surface area contributed by atoms with Gasteiger partial charge in [-0.1, -0.05) is 133 Å². The highest BCUT2D eigenvalue weighted by atomic mass is 16.6. The Morgan fingerprint density at radius 2 is 0.872 bits per heavy atom. The minimum atomic E-state index is 0.595. The monoisotopic (exact) mass is 604 g/mol. The lowest BCUT2D eigenvalue weighted by Gasteiger charge is -2.13. The normalized spacial score (nSPS) is 11.4. The molecule has 3 heterocycles. The molecular formula is C40H24N6O. The number of rotatable bonds is 5. The third-order valence-corrected chi connectivity index (χ3v) is 8.40. The van der Waals surface area contributed by atoms with Gasteiger partial charge in [-0.2, -0.15) is 0 Å². The van der Waals surface area contributed by atoms with E-state index in [4.69, 9.17) is 24.6 Å². The van der Waals surface area contributed by atoms with Gasteiger partial charge >= 0.3 is 0 Å². The van der Waals surface area contributed by atoms with Crippen molar-refractivity contribution in [1.82, 2.24) is 30.2 Å². The van der Waals surface area contributed by atoms with E-state index in [1.54, 1.807) is 0 Å². The first-order chi connectivity index (χ1) is 23.3. The van der Waals surface area contributed by atoms with Crippen LogP contribution in [-0.4, -0.2) is 30.2 Å². The van der Waals surface area contributed by atoms with Gasteiger partial charge in [-0.05, 0) is 28.0 Å². The van der Waals surface area contributed by atoms with E-state index < -0.39 is 0 Å². The van der Waals surface area contributed by atoms with Crippen LogP contribution >= 0.6 is 0 Å². The molecule has 0 saturated carbocycles. The van der Waals surface area contributed by atoms with Crippen LogP contribution in [0.1, 0.15) is 0 Å². The molecule has 0 radical (unpaired) electrons. The van der Waals surface area contributed by atoms with Gasteiger partial charge in [0.25, 0.3) is 0 Å². The predicted molar refractivity (Wildman–Crippen MR) is 185 cm³/mol. The number of hydrogen-bond acceptors (Lipinski definition) is 7. The van der Waals surface area contributed by atoms with Crippen molar-refractivity contribution in [1.29, 1.82) is 0 Å². The Morgan fingerprint density at radius 1 is 0.383 bits per heavy atom. The number of pyridine rings is 1. The summed E-state index contributed by atoms with van der Waals surface area (Å²) in [7, 11) is 0. The lowest BCUT2D eigenvalue weighted by molar-refractivity contribution is 0.316. The summed E-state index contributed by atoms with van der Waals surface area (Å²) in [5.74, 6) is 1.84. The average Bonchev–Trinajstić information content (AvgIpc) is 3.65. The lowest BCUT2D eigenvalue weighted by atomic mass is 9.94. The molecule has 9 rings (SSSR count). The number of fused-ring (bicyclic) bond motifs is 5. The molecule has 6 aromatic carbocycles. The van der Waals surface area contributed by atoms with Crippen molar-refractivity contribution in [3.05, 3.63) is 146 Å². The van der Waals surface area contributed by atoms with E-state index in [0.717, 1.165) is 60.8 Å². The highest BCUT2D eigenvalue weighted by Gasteiger charge is 2.20. The van der Waals surface area contributed by atoms with Crippen LogP contribution in [0, 0.1) is 0 Å². The second-order valence-electron chi connectivity index (χ2n) is 11.3. The third kappa shape index (κ3) is 4.69. The molecule has 0 amide bonds. The smallest absolute Gasteiger partial charge is 0.164 e. The summed E-state index contributed by atoms with van der Waals surface area (Å²) < 4.78 is 5.39. The molecule has 0 fully saturated rings. The summed E-state index contributed by atoms with van der Waals surface area (Å²) in [4.78, 5) is 19.7. The minimum Gasteiger partial charge on any atom is -0.247 e. The number of aromatic nitrogens is 6. The molecule has 0 aliphatic rings. The highest BCUT2D eigenvalue weighted by molar-refractivity contribution is 6.23. The van der Waals surface area contributed by atoms with Crippen molar-refractivity contribution in [3.8, 4) is 56.5 Å². The van der Waals surface area contributed by atoms with Gasteiger partial charge < -0.3 is 0 Å². The van der Waals surface area contributed by atoms with Crippen LogP contribution in [0.15, 0.2) is 150 Å². The topological polar surface area (TPSA) is 90.5 Å². The van der Waals surface area contributed by atoms with Crippen LogP contribution in [-0.2, 0) is 0 Å². The lowest BCUT2D eigenvalue weighted by Crippen LogP contribution is -2.00. The Kier molecular flexibility index (Phi) is 6.31. The van der Waals surface area contributed by atoms with E-state index in [1.165, 1.54) is 0 Å². The summed E-state index contributed by atoms with van der Waals surface area (Å²) >= 11 is 0. The molecule has 0 N–H and O–H groups in total. The molecule has 0 aliphatic heterocycles. The molecule has 0 bridgehead atoms. The third-order valence-electron chi connectivity index (χ3n) is 8.40.